The molecule has 33 heavy (non-hydrogen) atoms. The molecule has 0 amide bonds. The van der Waals surface area contributed by atoms with E-state index in [-0.39, 0.29) is 13.4 Å². The zero-order valence-corrected chi connectivity index (χ0v) is 18.8. The first-order valence-electron chi connectivity index (χ1n) is 11.1. The number of benzene rings is 3. The summed E-state index contributed by atoms with van der Waals surface area (Å²) in [6.45, 7) is 6.10. The second-order valence-electron chi connectivity index (χ2n) is 7.81. The molecule has 0 saturated heterocycles. The van der Waals surface area contributed by atoms with Crippen molar-refractivity contribution >= 4 is 0 Å². The van der Waals surface area contributed by atoms with Crippen molar-refractivity contribution in [1.29, 1.82) is 0 Å². The van der Waals surface area contributed by atoms with E-state index in [1.54, 1.807) is 0 Å². The number of nitrogens with zero attached hydrogens (tertiary/aromatic N) is 1. The fourth-order valence-corrected chi connectivity index (χ4v) is 3.93. The van der Waals surface area contributed by atoms with Crippen LogP contribution in [0.1, 0.15) is 24.1 Å². The van der Waals surface area contributed by atoms with Crippen molar-refractivity contribution in [2.24, 2.45) is 0 Å². The molecular formula is C27H26N2O4. The Kier molecular flexibility index (Phi) is 6.00. The van der Waals surface area contributed by atoms with E-state index in [2.05, 4.69) is 25.2 Å². The fourth-order valence-electron chi connectivity index (χ4n) is 3.93. The van der Waals surface area contributed by atoms with Crippen LogP contribution < -0.4 is 19.5 Å². The Morgan fingerprint density at radius 2 is 1.79 bits per heavy atom. The highest BCUT2D eigenvalue weighted by Gasteiger charge is 2.17. The Labute approximate surface area is 193 Å². The van der Waals surface area contributed by atoms with Crippen LogP contribution in [0.3, 0.4) is 0 Å². The minimum Gasteiger partial charge on any atom is -0.484 e. The van der Waals surface area contributed by atoms with Gasteiger partial charge in [0.05, 0.1) is 6.54 Å². The average molecular weight is 443 g/mol. The van der Waals surface area contributed by atoms with Gasteiger partial charge in [-0.25, -0.2) is 4.98 Å². The average Bonchev–Trinajstić information content (AvgIpc) is 3.49. The summed E-state index contributed by atoms with van der Waals surface area (Å²) in [5.41, 5.74) is 5.05. The largest absolute Gasteiger partial charge is 0.484 e. The third-order valence-electron chi connectivity index (χ3n) is 5.64. The van der Waals surface area contributed by atoms with Gasteiger partial charge in [0, 0.05) is 5.56 Å². The molecule has 2 heterocycles. The number of fused-ring (bicyclic) bond motifs is 1. The molecule has 0 saturated carbocycles. The standard InChI is InChI=1S/C27H26N2O4/c1-3-28-15-25-27(19-8-5-4-6-9-19)29-26(33-25)16-30-22-11-7-10-21(18(22)2)20-12-13-23-24(14-20)32-17-31-23/h4-14,28H,3,15-17H2,1-2H3. The summed E-state index contributed by atoms with van der Waals surface area (Å²) in [6.07, 6.45) is 0. The quantitative estimate of drug-likeness (QED) is 0.376. The van der Waals surface area contributed by atoms with Gasteiger partial charge in [0.15, 0.2) is 18.1 Å². The summed E-state index contributed by atoms with van der Waals surface area (Å²) >= 11 is 0. The molecule has 1 aliphatic rings. The Balaban J connectivity index is 1.37. The van der Waals surface area contributed by atoms with Crippen LogP contribution in [-0.4, -0.2) is 18.3 Å². The van der Waals surface area contributed by atoms with Crippen molar-refractivity contribution in [3.63, 3.8) is 0 Å². The molecule has 0 radical (unpaired) electrons. The molecule has 0 bridgehead atoms. The molecule has 0 atom stereocenters. The van der Waals surface area contributed by atoms with E-state index in [0.717, 1.165) is 57.5 Å². The first kappa shape index (κ1) is 21.1. The van der Waals surface area contributed by atoms with E-state index < -0.39 is 0 Å². The highest BCUT2D eigenvalue weighted by Crippen LogP contribution is 2.38. The molecule has 6 nitrogen and oxygen atoms in total. The summed E-state index contributed by atoms with van der Waals surface area (Å²) in [5.74, 6) is 3.69. The predicted octanol–water partition coefficient (Wildman–Crippen LogP) is 5.73. The number of aromatic nitrogens is 1. The number of hydrogen-bond donors (Lipinski definition) is 1. The highest BCUT2D eigenvalue weighted by molar-refractivity contribution is 5.72. The Bertz CT molecular complexity index is 1250. The van der Waals surface area contributed by atoms with E-state index in [4.69, 9.17) is 23.6 Å². The Morgan fingerprint density at radius 3 is 2.64 bits per heavy atom. The fraction of sp³-hybridized carbons (Fsp3) is 0.222. The SMILES string of the molecule is CCNCc1oc(COc2cccc(-c3ccc4c(c3)OCO4)c2C)nc1-c1ccccc1. The number of oxazole rings is 1. The van der Waals surface area contributed by atoms with Crippen molar-refractivity contribution in [2.75, 3.05) is 13.3 Å². The summed E-state index contributed by atoms with van der Waals surface area (Å²) in [7, 11) is 0. The van der Waals surface area contributed by atoms with Gasteiger partial charge in [-0.1, -0.05) is 55.5 Å². The van der Waals surface area contributed by atoms with E-state index in [1.165, 1.54) is 0 Å². The van der Waals surface area contributed by atoms with Crippen molar-refractivity contribution < 1.29 is 18.6 Å². The second-order valence-corrected chi connectivity index (χ2v) is 7.81. The molecule has 3 aromatic carbocycles. The van der Waals surface area contributed by atoms with E-state index >= 15 is 0 Å². The summed E-state index contributed by atoms with van der Waals surface area (Å²) < 4.78 is 23.2. The highest BCUT2D eigenvalue weighted by atomic mass is 16.7. The molecule has 6 heteroatoms. The van der Waals surface area contributed by atoms with Crippen LogP contribution in [0, 0.1) is 6.92 Å². The molecule has 5 rings (SSSR count). The summed E-state index contributed by atoms with van der Waals surface area (Å²) in [5, 5.41) is 3.32. The number of hydrogen-bond acceptors (Lipinski definition) is 6. The molecular weight excluding hydrogens is 416 g/mol. The molecule has 0 spiro atoms. The topological polar surface area (TPSA) is 65.8 Å². The number of nitrogens with one attached hydrogen (secondary N) is 1. The second kappa shape index (κ2) is 9.38. The van der Waals surface area contributed by atoms with Gasteiger partial charge in [0.1, 0.15) is 17.2 Å². The van der Waals surface area contributed by atoms with Crippen molar-refractivity contribution in [3.05, 3.63) is 83.9 Å². The van der Waals surface area contributed by atoms with Crippen LogP contribution in [0.25, 0.3) is 22.4 Å². The lowest BCUT2D eigenvalue weighted by atomic mass is 9.99. The van der Waals surface area contributed by atoms with E-state index in [0.29, 0.717) is 12.4 Å². The number of ether oxygens (including phenoxy) is 3. The lowest BCUT2D eigenvalue weighted by Gasteiger charge is -2.12. The van der Waals surface area contributed by atoms with Gasteiger partial charge in [-0.3, -0.25) is 0 Å². The maximum atomic E-state index is 6.15. The van der Waals surface area contributed by atoms with Crippen LogP contribution in [0.5, 0.6) is 17.2 Å². The smallest absolute Gasteiger partial charge is 0.233 e. The van der Waals surface area contributed by atoms with Gasteiger partial charge in [-0.2, -0.15) is 0 Å². The zero-order chi connectivity index (χ0) is 22.6. The van der Waals surface area contributed by atoms with Crippen molar-refractivity contribution in [3.8, 4) is 39.6 Å². The molecule has 4 aromatic rings. The van der Waals surface area contributed by atoms with Gasteiger partial charge in [0.25, 0.3) is 0 Å². The van der Waals surface area contributed by atoms with Gasteiger partial charge in [0.2, 0.25) is 12.7 Å². The minimum atomic E-state index is 0.247. The lowest BCUT2D eigenvalue weighted by Crippen LogP contribution is -2.11. The van der Waals surface area contributed by atoms with Gasteiger partial charge in [-0.15, -0.1) is 0 Å². The third-order valence-corrected chi connectivity index (χ3v) is 5.64. The molecule has 1 aliphatic heterocycles. The zero-order valence-electron chi connectivity index (χ0n) is 18.8. The predicted molar refractivity (Wildman–Crippen MR) is 126 cm³/mol. The number of rotatable bonds is 8. The molecule has 0 unspecified atom stereocenters. The lowest BCUT2D eigenvalue weighted by molar-refractivity contribution is 0.174. The minimum absolute atomic E-state index is 0.247. The maximum absolute atomic E-state index is 6.15. The normalized spacial score (nSPS) is 12.2. The van der Waals surface area contributed by atoms with Crippen LogP contribution in [-0.2, 0) is 13.2 Å². The van der Waals surface area contributed by atoms with E-state index in [9.17, 15) is 0 Å². The first-order valence-corrected chi connectivity index (χ1v) is 11.1. The molecule has 1 aromatic heterocycles. The Morgan fingerprint density at radius 1 is 0.939 bits per heavy atom. The van der Waals surface area contributed by atoms with Crippen molar-refractivity contribution in [2.45, 2.75) is 27.0 Å². The van der Waals surface area contributed by atoms with Crippen LogP contribution >= 0.6 is 0 Å². The molecule has 168 valence electrons. The molecule has 1 N–H and O–H groups in total. The molecule has 0 aliphatic carbocycles. The summed E-state index contributed by atoms with van der Waals surface area (Å²) in [4.78, 5) is 4.74. The first-order chi connectivity index (χ1) is 16.2. The van der Waals surface area contributed by atoms with Crippen LogP contribution in [0.15, 0.2) is 71.1 Å². The van der Waals surface area contributed by atoms with Crippen LogP contribution in [0.2, 0.25) is 0 Å². The van der Waals surface area contributed by atoms with Crippen LogP contribution in [0.4, 0.5) is 0 Å². The van der Waals surface area contributed by atoms with Gasteiger partial charge in [-0.05, 0) is 48.4 Å². The van der Waals surface area contributed by atoms with Gasteiger partial charge < -0.3 is 23.9 Å². The third kappa shape index (κ3) is 4.43. The summed E-state index contributed by atoms with van der Waals surface area (Å²) in [6, 6.07) is 22.1. The van der Waals surface area contributed by atoms with E-state index in [1.807, 2.05) is 60.7 Å². The van der Waals surface area contributed by atoms with Gasteiger partial charge >= 0.3 is 0 Å². The Hall–Kier alpha value is -3.77. The monoisotopic (exact) mass is 442 g/mol. The maximum Gasteiger partial charge on any atom is 0.233 e. The molecule has 0 fully saturated rings. The van der Waals surface area contributed by atoms with Crippen molar-refractivity contribution in [1.82, 2.24) is 10.3 Å².